The van der Waals surface area contributed by atoms with Crippen LogP contribution in [0.1, 0.15) is 39.5 Å². The number of fused-ring (bicyclic) bond motifs is 5. The van der Waals surface area contributed by atoms with Crippen LogP contribution in [0.25, 0.3) is 11.1 Å². The maximum atomic E-state index is 16.0. The van der Waals surface area contributed by atoms with Crippen LogP contribution in [0, 0.1) is 11.8 Å². The first-order valence-corrected chi connectivity index (χ1v) is 16.0. The smallest absolute Gasteiger partial charge is 0.239 e. The van der Waals surface area contributed by atoms with Crippen molar-refractivity contribution >= 4 is 40.2 Å². The highest BCUT2D eigenvalue weighted by atomic mass is 16.5. The van der Waals surface area contributed by atoms with Crippen molar-refractivity contribution in [2.45, 2.75) is 17.8 Å². The van der Waals surface area contributed by atoms with E-state index in [2.05, 4.69) is 0 Å². The van der Waals surface area contributed by atoms with Crippen molar-refractivity contribution in [3.05, 3.63) is 167 Å². The van der Waals surface area contributed by atoms with Crippen LogP contribution in [-0.2, 0) is 25.2 Å². The topological polar surface area (TPSA) is 80.8 Å². The summed E-state index contributed by atoms with van der Waals surface area (Å²) < 4.78 is 5.67. The SMILES string of the molecule is COc1ccc(C(C)=O)cc1N1C(=O)[C@H]2[C@H](C1=O)[C@@]1(c3ccccc3)C(=O)[C@@]2(c2ccccc2)C(c2ccccc2)=C1c1ccccc1. The van der Waals surface area contributed by atoms with Crippen LogP contribution >= 0.6 is 0 Å². The summed E-state index contributed by atoms with van der Waals surface area (Å²) in [5, 5.41) is 0. The minimum Gasteiger partial charge on any atom is -0.495 e. The third-order valence-corrected chi connectivity index (χ3v) is 10.4. The van der Waals surface area contributed by atoms with Gasteiger partial charge >= 0.3 is 0 Å². The van der Waals surface area contributed by atoms with Crippen LogP contribution in [0.2, 0.25) is 0 Å². The Labute approximate surface area is 278 Å². The summed E-state index contributed by atoms with van der Waals surface area (Å²) in [5.74, 6) is -3.27. The number of ketones is 2. The van der Waals surface area contributed by atoms with E-state index in [0.29, 0.717) is 16.7 Å². The fourth-order valence-corrected chi connectivity index (χ4v) is 8.66. The lowest BCUT2D eigenvalue weighted by Gasteiger charge is -2.39. The Morgan fingerprint density at radius 2 is 1.02 bits per heavy atom. The molecule has 0 unspecified atom stereocenters. The molecule has 2 fully saturated rings. The van der Waals surface area contributed by atoms with E-state index >= 15 is 14.4 Å². The predicted octanol–water partition coefficient (Wildman–Crippen LogP) is 7.09. The molecule has 2 amide bonds. The Hall–Kier alpha value is -5.88. The largest absolute Gasteiger partial charge is 0.495 e. The molecule has 0 spiro atoms. The van der Waals surface area contributed by atoms with Gasteiger partial charge in [-0.15, -0.1) is 0 Å². The number of carbonyl (C=O) groups excluding carboxylic acids is 4. The first kappa shape index (κ1) is 29.5. The average molecular weight is 630 g/mol. The quantitative estimate of drug-likeness (QED) is 0.142. The third kappa shape index (κ3) is 3.68. The Balaban J connectivity index is 1.54. The molecule has 5 aromatic rings. The van der Waals surface area contributed by atoms with Crippen molar-refractivity contribution in [2.75, 3.05) is 12.0 Å². The van der Waals surface area contributed by atoms with Gasteiger partial charge in [-0.25, -0.2) is 4.90 Å². The molecule has 0 aromatic heterocycles. The van der Waals surface area contributed by atoms with Gasteiger partial charge in [0.05, 0.1) is 35.5 Å². The van der Waals surface area contributed by atoms with E-state index in [-0.39, 0.29) is 23.0 Å². The molecule has 48 heavy (non-hydrogen) atoms. The summed E-state index contributed by atoms with van der Waals surface area (Å²) in [5.41, 5.74) is 1.87. The number of methoxy groups -OCH3 is 1. The molecule has 6 nitrogen and oxygen atoms in total. The van der Waals surface area contributed by atoms with Crippen molar-refractivity contribution in [2.24, 2.45) is 11.8 Å². The number of amides is 2. The molecular formula is C42H31NO5. The monoisotopic (exact) mass is 629 g/mol. The molecule has 1 saturated carbocycles. The van der Waals surface area contributed by atoms with Gasteiger partial charge < -0.3 is 4.74 Å². The number of benzene rings is 5. The van der Waals surface area contributed by atoms with Gasteiger partial charge in [-0.2, -0.15) is 0 Å². The number of hydrogen-bond donors (Lipinski definition) is 0. The molecule has 3 aliphatic rings. The summed E-state index contributed by atoms with van der Waals surface area (Å²) in [6.07, 6.45) is 0. The fraction of sp³-hybridized carbons (Fsp3) is 0.143. The lowest BCUT2D eigenvalue weighted by atomic mass is 9.59. The molecule has 0 N–H and O–H groups in total. The van der Waals surface area contributed by atoms with Crippen molar-refractivity contribution < 1.29 is 23.9 Å². The molecular weight excluding hydrogens is 598 g/mol. The molecule has 0 radical (unpaired) electrons. The predicted molar refractivity (Wildman–Crippen MR) is 183 cm³/mol. The molecule has 234 valence electrons. The minimum absolute atomic E-state index is 0.189. The van der Waals surface area contributed by atoms with Crippen LogP contribution < -0.4 is 9.64 Å². The highest BCUT2D eigenvalue weighted by molar-refractivity contribution is 6.39. The highest BCUT2D eigenvalue weighted by Gasteiger charge is 2.82. The van der Waals surface area contributed by atoms with Gasteiger partial charge in [-0.05, 0) is 58.5 Å². The number of imide groups is 1. The normalized spacial score (nSPS) is 24.3. The Morgan fingerprint density at radius 3 is 1.42 bits per heavy atom. The van der Waals surface area contributed by atoms with E-state index in [1.807, 2.05) is 121 Å². The number of allylic oxidation sites excluding steroid dienone is 2. The highest BCUT2D eigenvalue weighted by Crippen LogP contribution is 2.74. The van der Waals surface area contributed by atoms with E-state index in [1.54, 1.807) is 12.1 Å². The van der Waals surface area contributed by atoms with Crippen molar-refractivity contribution in [1.29, 1.82) is 0 Å². The molecule has 6 heteroatoms. The second-order valence-corrected chi connectivity index (χ2v) is 12.6. The first-order valence-electron chi connectivity index (χ1n) is 16.0. The summed E-state index contributed by atoms with van der Waals surface area (Å²) in [6.45, 7) is 1.43. The van der Waals surface area contributed by atoms with Gasteiger partial charge in [0.2, 0.25) is 11.8 Å². The Kier molecular flexibility index (Phi) is 6.67. The summed E-state index contributed by atoms with van der Waals surface area (Å²) in [4.78, 5) is 60.1. The van der Waals surface area contributed by atoms with E-state index in [0.717, 1.165) is 22.3 Å². The number of ether oxygens (including phenoxy) is 1. The van der Waals surface area contributed by atoms with Crippen LogP contribution in [0.15, 0.2) is 140 Å². The lowest BCUT2D eigenvalue weighted by molar-refractivity contribution is -0.130. The molecule has 1 saturated heterocycles. The van der Waals surface area contributed by atoms with Crippen LogP contribution in [-0.4, -0.2) is 30.5 Å². The first-order chi connectivity index (χ1) is 23.4. The number of carbonyl (C=O) groups is 4. The van der Waals surface area contributed by atoms with Crippen molar-refractivity contribution in [3.63, 3.8) is 0 Å². The van der Waals surface area contributed by atoms with Crippen molar-refractivity contribution in [1.82, 2.24) is 0 Å². The molecule has 4 atom stereocenters. The second kappa shape index (κ2) is 10.8. The van der Waals surface area contributed by atoms with E-state index in [1.165, 1.54) is 25.0 Å². The zero-order chi connectivity index (χ0) is 33.2. The molecule has 8 rings (SSSR count). The summed E-state index contributed by atoms with van der Waals surface area (Å²) in [6, 6.07) is 43.0. The molecule has 2 bridgehead atoms. The standard InChI is InChI=1S/C42H31NO5/c1-26(44)29-23-24-33(48-2)32(25-29)43-38(45)36-37(39(43)46)42(31-21-13-6-14-22-31)35(28-17-9-4-10-18-28)34(27-15-7-3-8-16-27)41(36,40(42)47)30-19-11-5-12-20-30/h3-25,36-37H,1-2H3/t36-,37-,41+,42+/m1/s1. The Bertz CT molecular complexity index is 2040. The van der Waals surface area contributed by atoms with Gasteiger partial charge in [0, 0.05) is 5.56 Å². The van der Waals surface area contributed by atoms with E-state index in [9.17, 15) is 4.79 Å². The zero-order valence-electron chi connectivity index (χ0n) is 26.4. The zero-order valence-corrected chi connectivity index (χ0v) is 26.4. The summed E-state index contributed by atoms with van der Waals surface area (Å²) in [7, 11) is 1.46. The number of rotatable bonds is 7. The van der Waals surface area contributed by atoms with Crippen molar-refractivity contribution in [3.8, 4) is 5.75 Å². The van der Waals surface area contributed by atoms with Gasteiger partial charge in [-0.1, -0.05) is 121 Å². The fourth-order valence-electron chi connectivity index (χ4n) is 8.66. The van der Waals surface area contributed by atoms with Crippen LogP contribution in [0.3, 0.4) is 0 Å². The van der Waals surface area contributed by atoms with Gasteiger partial charge in [-0.3, -0.25) is 19.2 Å². The van der Waals surface area contributed by atoms with Crippen LogP contribution in [0.5, 0.6) is 5.75 Å². The maximum Gasteiger partial charge on any atom is 0.239 e. The number of hydrogen-bond acceptors (Lipinski definition) is 5. The minimum atomic E-state index is -1.51. The van der Waals surface area contributed by atoms with E-state index < -0.39 is 34.5 Å². The Morgan fingerprint density at radius 1 is 0.604 bits per heavy atom. The third-order valence-electron chi connectivity index (χ3n) is 10.4. The molecule has 1 aliphatic heterocycles. The second-order valence-electron chi connectivity index (χ2n) is 12.6. The van der Waals surface area contributed by atoms with Crippen LogP contribution in [0.4, 0.5) is 5.69 Å². The van der Waals surface area contributed by atoms with Gasteiger partial charge in [0.15, 0.2) is 11.6 Å². The average Bonchev–Trinajstić information content (AvgIpc) is 3.64. The molecule has 5 aromatic carbocycles. The number of Topliss-reactive ketones (excluding diaryl/α,β-unsaturated/α-hetero) is 2. The molecule has 2 aliphatic carbocycles. The van der Waals surface area contributed by atoms with E-state index in [4.69, 9.17) is 4.74 Å². The maximum absolute atomic E-state index is 16.0. The molecule has 1 heterocycles. The summed E-state index contributed by atoms with van der Waals surface area (Å²) >= 11 is 0. The van der Waals surface area contributed by atoms with Gasteiger partial charge in [0.1, 0.15) is 5.75 Å². The lowest BCUT2D eigenvalue weighted by Crippen LogP contribution is -2.45. The van der Waals surface area contributed by atoms with Gasteiger partial charge in [0.25, 0.3) is 0 Å². The number of nitrogens with zero attached hydrogens (tertiary/aromatic N) is 1. The number of anilines is 1.